The third-order valence-electron chi connectivity index (χ3n) is 6.48. The lowest BCUT2D eigenvalue weighted by molar-refractivity contribution is -0.146. The van der Waals surface area contributed by atoms with Gasteiger partial charge in [0, 0.05) is 29.3 Å². The van der Waals surface area contributed by atoms with Crippen LogP contribution in [0.2, 0.25) is 0 Å². The Hall–Kier alpha value is -3.72. The van der Waals surface area contributed by atoms with E-state index in [1.807, 2.05) is 18.2 Å². The maximum absolute atomic E-state index is 13.3. The van der Waals surface area contributed by atoms with E-state index in [9.17, 15) is 14.4 Å². The summed E-state index contributed by atoms with van der Waals surface area (Å²) < 4.78 is 5.44. The zero-order valence-electron chi connectivity index (χ0n) is 18.3. The fourth-order valence-electron chi connectivity index (χ4n) is 4.71. The Bertz CT molecular complexity index is 1320. The van der Waals surface area contributed by atoms with Crippen LogP contribution in [0.15, 0.2) is 41.3 Å². The molecule has 4 N–H and O–H groups in total. The minimum absolute atomic E-state index is 0.163. The number of carbonyl (C=O) groups is 2. The number of nitrogens with zero attached hydrogens (tertiary/aromatic N) is 2. The summed E-state index contributed by atoms with van der Waals surface area (Å²) in [5.41, 5.74) is 9.36. The zero-order valence-corrected chi connectivity index (χ0v) is 18.3. The van der Waals surface area contributed by atoms with E-state index in [2.05, 4.69) is 22.2 Å². The van der Waals surface area contributed by atoms with Gasteiger partial charge in [0.25, 0.3) is 0 Å². The van der Waals surface area contributed by atoms with Crippen LogP contribution in [0.4, 0.5) is 11.5 Å². The Morgan fingerprint density at radius 3 is 2.85 bits per heavy atom. The van der Waals surface area contributed by atoms with Gasteiger partial charge in [-0.1, -0.05) is 13.0 Å². The van der Waals surface area contributed by atoms with Gasteiger partial charge in [0.05, 0.1) is 31.1 Å². The number of H-pyrrole nitrogens is 1. The molecule has 5 rings (SSSR count). The molecule has 1 fully saturated rings. The van der Waals surface area contributed by atoms with Gasteiger partial charge in [0.2, 0.25) is 5.56 Å². The quantitative estimate of drug-likeness (QED) is 0.518. The lowest BCUT2D eigenvalue weighted by atomic mass is 9.89. The lowest BCUT2D eigenvalue weighted by Crippen LogP contribution is -2.46. The molecule has 2 atom stereocenters. The number of fused-ring (bicyclic) bond motifs is 2. The molecular formula is C24H25N5O4. The molecule has 4 heterocycles. The van der Waals surface area contributed by atoms with Crippen molar-refractivity contribution in [2.45, 2.75) is 39.0 Å². The summed E-state index contributed by atoms with van der Waals surface area (Å²) in [4.78, 5) is 46.4. The number of aromatic amines is 1. The van der Waals surface area contributed by atoms with E-state index in [1.54, 1.807) is 11.0 Å². The first-order valence-corrected chi connectivity index (χ1v) is 11.0. The molecule has 1 aromatic carbocycles. The first kappa shape index (κ1) is 21.1. The van der Waals surface area contributed by atoms with Crippen molar-refractivity contribution in [1.29, 1.82) is 0 Å². The molecule has 9 nitrogen and oxygen atoms in total. The number of hydrogen-bond donors (Lipinski definition) is 3. The zero-order chi connectivity index (χ0) is 23.1. The number of nitrogens with one attached hydrogen (secondary N) is 2. The minimum atomic E-state index is -0.708. The highest BCUT2D eigenvalue weighted by Crippen LogP contribution is 2.35. The number of nitrogen functional groups attached to an aromatic ring is 1. The number of amides is 2. The van der Waals surface area contributed by atoms with E-state index in [-0.39, 0.29) is 17.5 Å². The Balaban J connectivity index is 1.41. The molecule has 0 saturated carbocycles. The Kier molecular flexibility index (Phi) is 5.33. The highest BCUT2D eigenvalue weighted by Gasteiger charge is 2.35. The van der Waals surface area contributed by atoms with Crippen LogP contribution in [0.5, 0.6) is 0 Å². The minimum Gasteiger partial charge on any atom is -0.383 e. The molecule has 2 amide bonds. The largest absolute Gasteiger partial charge is 0.383 e. The van der Waals surface area contributed by atoms with Crippen molar-refractivity contribution >= 4 is 34.2 Å². The van der Waals surface area contributed by atoms with Gasteiger partial charge in [-0.15, -0.1) is 0 Å². The number of likely N-dealkylation sites (tertiary alicyclic amines) is 1. The number of nitrogens with two attached hydrogens (primary N) is 1. The molecular weight excluding hydrogens is 422 g/mol. The second-order valence-corrected chi connectivity index (χ2v) is 8.79. The molecule has 2 unspecified atom stereocenters. The number of piperidine rings is 1. The van der Waals surface area contributed by atoms with Crippen molar-refractivity contribution in [2.75, 3.05) is 17.6 Å². The highest BCUT2D eigenvalue weighted by molar-refractivity contribution is 6.39. The molecule has 170 valence electrons. The van der Waals surface area contributed by atoms with Crippen molar-refractivity contribution in [3.05, 3.63) is 63.6 Å². The van der Waals surface area contributed by atoms with E-state index < -0.39 is 11.8 Å². The SMILES string of the molecule is CC1CCC(c2ccc3[nH]c(=O)ccc3c2)N(C(=O)C(=O)Nc2cnc(N)c3c2COC3)C1. The van der Waals surface area contributed by atoms with Crippen molar-refractivity contribution in [3.63, 3.8) is 0 Å². The van der Waals surface area contributed by atoms with Gasteiger partial charge in [0.1, 0.15) is 5.82 Å². The molecule has 0 radical (unpaired) electrons. The third kappa shape index (κ3) is 3.95. The first-order valence-electron chi connectivity index (χ1n) is 11.0. The van der Waals surface area contributed by atoms with Crippen LogP contribution in [-0.4, -0.2) is 33.2 Å². The summed E-state index contributed by atoms with van der Waals surface area (Å²) >= 11 is 0. The summed E-state index contributed by atoms with van der Waals surface area (Å²) in [6.45, 7) is 3.22. The summed E-state index contributed by atoms with van der Waals surface area (Å²) in [7, 11) is 0. The molecule has 2 aliphatic heterocycles. The van der Waals surface area contributed by atoms with Crippen LogP contribution in [0, 0.1) is 5.92 Å². The third-order valence-corrected chi connectivity index (χ3v) is 6.48. The van der Waals surface area contributed by atoms with Crippen molar-refractivity contribution in [3.8, 4) is 0 Å². The second kappa shape index (κ2) is 8.32. The molecule has 33 heavy (non-hydrogen) atoms. The number of aromatic nitrogens is 2. The molecule has 3 aromatic rings. The van der Waals surface area contributed by atoms with Gasteiger partial charge in [-0.25, -0.2) is 4.98 Å². The Morgan fingerprint density at radius 2 is 2.00 bits per heavy atom. The lowest BCUT2D eigenvalue weighted by Gasteiger charge is -2.38. The average molecular weight is 447 g/mol. The number of pyridine rings is 2. The van der Waals surface area contributed by atoms with Gasteiger partial charge in [-0.05, 0) is 47.9 Å². The van der Waals surface area contributed by atoms with Gasteiger partial charge in [-0.3, -0.25) is 14.4 Å². The molecule has 9 heteroatoms. The Labute approximate surface area is 189 Å². The predicted octanol–water partition coefficient (Wildman–Crippen LogP) is 2.47. The summed E-state index contributed by atoms with van der Waals surface area (Å²) in [5.74, 6) is -0.641. The summed E-state index contributed by atoms with van der Waals surface area (Å²) in [6, 6.07) is 8.74. The average Bonchev–Trinajstić information content (AvgIpc) is 3.31. The smallest absolute Gasteiger partial charge is 0.313 e. The van der Waals surface area contributed by atoms with Crippen LogP contribution in [0.1, 0.15) is 42.5 Å². The second-order valence-electron chi connectivity index (χ2n) is 8.79. The number of ether oxygens (including phenoxy) is 1. The first-order chi connectivity index (χ1) is 15.9. The monoisotopic (exact) mass is 447 g/mol. The number of anilines is 2. The van der Waals surface area contributed by atoms with E-state index in [1.165, 1.54) is 12.3 Å². The maximum atomic E-state index is 13.3. The van der Waals surface area contributed by atoms with E-state index >= 15 is 0 Å². The van der Waals surface area contributed by atoms with Gasteiger partial charge in [0.15, 0.2) is 0 Å². The molecule has 0 spiro atoms. The maximum Gasteiger partial charge on any atom is 0.313 e. The fraction of sp³-hybridized carbons (Fsp3) is 0.333. The van der Waals surface area contributed by atoms with Crippen LogP contribution >= 0.6 is 0 Å². The van der Waals surface area contributed by atoms with Crippen molar-refractivity contribution < 1.29 is 14.3 Å². The molecule has 2 aliphatic rings. The van der Waals surface area contributed by atoms with Crippen molar-refractivity contribution in [1.82, 2.24) is 14.9 Å². The number of carbonyl (C=O) groups excluding carboxylic acids is 2. The predicted molar refractivity (Wildman–Crippen MR) is 123 cm³/mol. The fourth-order valence-corrected chi connectivity index (χ4v) is 4.71. The highest BCUT2D eigenvalue weighted by atomic mass is 16.5. The van der Waals surface area contributed by atoms with Crippen LogP contribution in [0.25, 0.3) is 10.9 Å². The van der Waals surface area contributed by atoms with Gasteiger partial charge < -0.3 is 25.7 Å². The summed E-state index contributed by atoms with van der Waals surface area (Å²) in [5, 5.41) is 3.60. The molecule has 2 aromatic heterocycles. The molecule has 0 aliphatic carbocycles. The number of benzene rings is 1. The number of hydrogen-bond acceptors (Lipinski definition) is 6. The van der Waals surface area contributed by atoms with E-state index in [4.69, 9.17) is 10.5 Å². The standard InChI is InChI=1S/C24H25N5O4/c1-13-2-6-20(15-3-5-18-14(8-15)4-7-21(30)27-18)29(10-13)24(32)23(31)28-19-9-26-22(25)17-12-33-11-16(17)19/h3-5,7-9,13,20H,2,6,10-12H2,1H3,(H2,25,26)(H,27,30)(H,28,31). The van der Waals surface area contributed by atoms with Crippen LogP contribution < -0.4 is 16.6 Å². The summed E-state index contributed by atoms with van der Waals surface area (Å²) in [6.07, 6.45) is 3.17. The van der Waals surface area contributed by atoms with E-state index in [0.29, 0.717) is 31.3 Å². The molecule has 1 saturated heterocycles. The van der Waals surface area contributed by atoms with Gasteiger partial charge in [-0.2, -0.15) is 0 Å². The van der Waals surface area contributed by atoms with Crippen LogP contribution in [-0.2, 0) is 27.5 Å². The topological polar surface area (TPSA) is 130 Å². The van der Waals surface area contributed by atoms with E-state index in [0.717, 1.165) is 40.4 Å². The van der Waals surface area contributed by atoms with Crippen LogP contribution in [0.3, 0.4) is 0 Å². The Morgan fingerprint density at radius 1 is 1.18 bits per heavy atom. The molecule has 0 bridgehead atoms. The van der Waals surface area contributed by atoms with Gasteiger partial charge >= 0.3 is 11.8 Å². The van der Waals surface area contributed by atoms with Crippen molar-refractivity contribution in [2.24, 2.45) is 5.92 Å². The number of rotatable bonds is 2. The normalized spacial score (nSPS) is 20.0.